The number of halogens is 1. The van der Waals surface area contributed by atoms with E-state index in [9.17, 15) is 0 Å². The van der Waals surface area contributed by atoms with Crippen molar-refractivity contribution in [2.24, 2.45) is 5.92 Å². The van der Waals surface area contributed by atoms with E-state index in [1.54, 1.807) is 0 Å². The Morgan fingerprint density at radius 2 is 2.05 bits per heavy atom. The topological polar surface area (TPSA) is 35.5 Å². The Balaban J connectivity index is 1.75. The molecule has 0 radical (unpaired) electrons. The molecular formula is C16H25BrN2O. The number of nitrogens with zero attached hydrogens (tertiary/aromatic N) is 1. The zero-order chi connectivity index (χ0) is 14.4. The van der Waals surface area contributed by atoms with E-state index >= 15 is 0 Å². The van der Waals surface area contributed by atoms with E-state index < -0.39 is 0 Å². The van der Waals surface area contributed by atoms with Crippen molar-refractivity contribution in [3.05, 3.63) is 34.3 Å². The maximum atomic E-state index is 8.95. The van der Waals surface area contributed by atoms with Gasteiger partial charge in [0.1, 0.15) is 0 Å². The molecule has 112 valence electrons. The van der Waals surface area contributed by atoms with Gasteiger partial charge in [-0.05, 0) is 56.9 Å². The summed E-state index contributed by atoms with van der Waals surface area (Å²) in [5.41, 5.74) is 1.32. The van der Waals surface area contributed by atoms with Crippen LogP contribution in [-0.4, -0.2) is 42.8 Å². The molecule has 1 aromatic rings. The van der Waals surface area contributed by atoms with Crippen molar-refractivity contribution in [1.29, 1.82) is 0 Å². The van der Waals surface area contributed by atoms with Crippen LogP contribution in [0.1, 0.15) is 31.4 Å². The normalized spacial score (nSPS) is 19.1. The van der Waals surface area contributed by atoms with Crippen LogP contribution in [0, 0.1) is 5.92 Å². The molecular weight excluding hydrogens is 316 g/mol. The van der Waals surface area contributed by atoms with Crippen LogP contribution in [0.3, 0.4) is 0 Å². The van der Waals surface area contributed by atoms with Gasteiger partial charge in [0.15, 0.2) is 0 Å². The highest BCUT2D eigenvalue weighted by atomic mass is 79.9. The van der Waals surface area contributed by atoms with Crippen LogP contribution in [0.15, 0.2) is 28.7 Å². The first-order chi connectivity index (χ1) is 9.70. The second-order valence-corrected chi connectivity index (χ2v) is 6.51. The Kier molecular flexibility index (Phi) is 6.49. The Morgan fingerprint density at radius 1 is 1.35 bits per heavy atom. The summed E-state index contributed by atoms with van der Waals surface area (Å²) in [5.74, 6) is 0.759. The largest absolute Gasteiger partial charge is 0.395 e. The van der Waals surface area contributed by atoms with E-state index in [4.69, 9.17) is 5.11 Å². The molecule has 1 saturated heterocycles. The first-order valence-electron chi connectivity index (χ1n) is 7.51. The monoisotopic (exact) mass is 340 g/mol. The molecule has 0 saturated carbocycles. The lowest BCUT2D eigenvalue weighted by Gasteiger charge is -2.32. The molecule has 0 unspecified atom stereocenters. The van der Waals surface area contributed by atoms with Crippen molar-refractivity contribution in [2.45, 2.75) is 25.8 Å². The summed E-state index contributed by atoms with van der Waals surface area (Å²) >= 11 is 3.62. The molecule has 0 aliphatic carbocycles. The molecule has 3 nitrogen and oxygen atoms in total. The van der Waals surface area contributed by atoms with Gasteiger partial charge in [0.05, 0.1) is 6.61 Å². The Bertz CT molecular complexity index is 405. The van der Waals surface area contributed by atoms with Crippen LogP contribution in [0.5, 0.6) is 0 Å². The van der Waals surface area contributed by atoms with Gasteiger partial charge >= 0.3 is 0 Å². The SMILES string of the molecule is C[C@@H](NCC1CCN(CCO)CC1)c1ccccc1Br. The van der Waals surface area contributed by atoms with E-state index in [0.717, 1.165) is 32.1 Å². The molecule has 1 heterocycles. The molecule has 1 atom stereocenters. The molecule has 1 aliphatic heterocycles. The molecule has 2 rings (SSSR count). The zero-order valence-electron chi connectivity index (χ0n) is 12.2. The van der Waals surface area contributed by atoms with Gasteiger partial charge in [-0.3, -0.25) is 0 Å². The number of hydrogen-bond donors (Lipinski definition) is 2. The van der Waals surface area contributed by atoms with Crippen molar-refractivity contribution < 1.29 is 5.11 Å². The molecule has 0 amide bonds. The van der Waals surface area contributed by atoms with Crippen LogP contribution >= 0.6 is 15.9 Å². The van der Waals surface area contributed by atoms with Crippen LogP contribution in [-0.2, 0) is 0 Å². The third-order valence-corrected chi connectivity index (χ3v) is 4.93. The van der Waals surface area contributed by atoms with Crippen molar-refractivity contribution in [2.75, 3.05) is 32.8 Å². The highest BCUT2D eigenvalue weighted by Gasteiger charge is 2.19. The average molecular weight is 341 g/mol. The van der Waals surface area contributed by atoms with Crippen LogP contribution in [0.2, 0.25) is 0 Å². The Labute approximate surface area is 130 Å². The fraction of sp³-hybridized carbons (Fsp3) is 0.625. The number of benzene rings is 1. The van der Waals surface area contributed by atoms with E-state index in [-0.39, 0.29) is 6.61 Å². The molecule has 20 heavy (non-hydrogen) atoms. The minimum Gasteiger partial charge on any atom is -0.395 e. The molecule has 1 aliphatic rings. The Morgan fingerprint density at radius 3 is 2.70 bits per heavy atom. The summed E-state index contributed by atoms with van der Waals surface area (Å²) in [6.45, 7) is 6.65. The van der Waals surface area contributed by atoms with Gasteiger partial charge < -0.3 is 15.3 Å². The number of nitrogens with one attached hydrogen (secondary N) is 1. The molecule has 0 spiro atoms. The third kappa shape index (κ3) is 4.55. The number of hydrogen-bond acceptors (Lipinski definition) is 3. The molecule has 2 N–H and O–H groups in total. The van der Waals surface area contributed by atoms with E-state index in [1.807, 2.05) is 0 Å². The molecule has 4 heteroatoms. The first-order valence-corrected chi connectivity index (χ1v) is 8.31. The van der Waals surface area contributed by atoms with Crippen LogP contribution < -0.4 is 5.32 Å². The van der Waals surface area contributed by atoms with Gasteiger partial charge in [-0.25, -0.2) is 0 Å². The summed E-state index contributed by atoms with van der Waals surface area (Å²) in [6.07, 6.45) is 2.46. The number of rotatable bonds is 6. The van der Waals surface area contributed by atoms with Crippen molar-refractivity contribution in [3.8, 4) is 0 Å². The van der Waals surface area contributed by atoms with Crippen molar-refractivity contribution in [1.82, 2.24) is 10.2 Å². The minimum absolute atomic E-state index is 0.280. The van der Waals surface area contributed by atoms with Gasteiger partial charge in [0.2, 0.25) is 0 Å². The standard InChI is InChI=1S/C16H25BrN2O/c1-13(15-4-2-3-5-16(15)17)18-12-14-6-8-19(9-7-14)10-11-20/h2-5,13-14,18,20H,6-12H2,1H3/t13-/m1/s1. The number of piperidine rings is 1. The highest BCUT2D eigenvalue weighted by molar-refractivity contribution is 9.10. The summed E-state index contributed by atoms with van der Waals surface area (Å²) in [4.78, 5) is 2.35. The van der Waals surface area contributed by atoms with Gasteiger partial charge in [0.25, 0.3) is 0 Å². The van der Waals surface area contributed by atoms with Gasteiger partial charge in [-0.2, -0.15) is 0 Å². The fourth-order valence-corrected chi connectivity index (χ4v) is 3.46. The summed E-state index contributed by atoms with van der Waals surface area (Å²) in [7, 11) is 0. The molecule has 1 fully saturated rings. The van der Waals surface area contributed by atoms with E-state index in [2.05, 4.69) is 57.3 Å². The van der Waals surface area contributed by atoms with Crippen molar-refractivity contribution >= 4 is 15.9 Å². The third-order valence-electron chi connectivity index (χ3n) is 4.21. The predicted octanol–water partition coefficient (Wildman–Crippen LogP) is 2.80. The number of β-amino-alcohol motifs (C(OH)–C–C–N with tert-alkyl or cyclic N) is 1. The van der Waals surface area contributed by atoms with Crippen molar-refractivity contribution in [3.63, 3.8) is 0 Å². The summed E-state index contributed by atoms with van der Waals surface area (Å²) in [5, 5.41) is 12.6. The van der Waals surface area contributed by atoms with Crippen LogP contribution in [0.25, 0.3) is 0 Å². The lowest BCUT2D eigenvalue weighted by atomic mass is 9.96. The first kappa shape index (κ1) is 16.0. The number of aliphatic hydroxyl groups is 1. The minimum atomic E-state index is 0.280. The summed E-state index contributed by atoms with van der Waals surface area (Å²) < 4.78 is 1.18. The maximum Gasteiger partial charge on any atom is 0.0558 e. The van der Waals surface area contributed by atoms with Gasteiger partial charge in [0, 0.05) is 17.1 Å². The molecule has 1 aromatic carbocycles. The highest BCUT2D eigenvalue weighted by Crippen LogP contribution is 2.23. The average Bonchev–Trinajstić information content (AvgIpc) is 2.47. The second kappa shape index (κ2) is 8.13. The van der Waals surface area contributed by atoms with E-state index in [1.165, 1.54) is 22.9 Å². The predicted molar refractivity (Wildman–Crippen MR) is 86.8 cm³/mol. The zero-order valence-corrected chi connectivity index (χ0v) is 13.8. The number of aliphatic hydroxyl groups excluding tert-OH is 1. The molecule has 0 aromatic heterocycles. The number of likely N-dealkylation sites (tertiary alicyclic amines) is 1. The quantitative estimate of drug-likeness (QED) is 0.835. The second-order valence-electron chi connectivity index (χ2n) is 5.66. The lowest BCUT2D eigenvalue weighted by molar-refractivity contribution is 0.146. The van der Waals surface area contributed by atoms with Gasteiger partial charge in [-0.15, -0.1) is 0 Å². The molecule has 0 bridgehead atoms. The smallest absolute Gasteiger partial charge is 0.0558 e. The maximum absolute atomic E-state index is 8.95. The lowest BCUT2D eigenvalue weighted by Crippen LogP contribution is -2.39. The fourth-order valence-electron chi connectivity index (χ4n) is 2.84. The van der Waals surface area contributed by atoms with E-state index in [0.29, 0.717) is 6.04 Å². The Hall–Kier alpha value is -0.420. The van der Waals surface area contributed by atoms with Gasteiger partial charge in [-0.1, -0.05) is 34.1 Å². The summed E-state index contributed by atoms with van der Waals surface area (Å²) in [6, 6.07) is 8.79. The van der Waals surface area contributed by atoms with Crippen LogP contribution in [0.4, 0.5) is 0 Å².